The molecule has 0 bridgehead atoms. The van der Waals surface area contributed by atoms with Crippen LogP contribution in [-0.2, 0) is 9.53 Å². The van der Waals surface area contributed by atoms with Crippen LogP contribution in [0.2, 0.25) is 0 Å². The molecule has 0 saturated carbocycles. The van der Waals surface area contributed by atoms with Crippen LogP contribution in [0.3, 0.4) is 0 Å². The van der Waals surface area contributed by atoms with Crippen LogP contribution in [0.5, 0.6) is 0 Å². The molecular formula is C15H16N2O5. The number of esters is 1. The highest BCUT2D eigenvalue weighted by Gasteiger charge is 2.46. The number of nitrogens with zero attached hydrogens (tertiary/aromatic N) is 1. The Bertz CT molecular complexity index is 624. The topological polar surface area (TPSA) is 95.9 Å². The van der Waals surface area contributed by atoms with Crippen molar-refractivity contribution >= 4 is 17.8 Å². The molecule has 1 fully saturated rings. The molecule has 1 aromatic carbocycles. The number of aliphatic hydroxyl groups is 1. The maximum Gasteiger partial charge on any atom is 0.322 e. The molecule has 2 atom stereocenters. The van der Waals surface area contributed by atoms with Crippen molar-refractivity contribution in [3.05, 3.63) is 35.4 Å². The molecule has 2 amide bonds. The van der Waals surface area contributed by atoms with Gasteiger partial charge >= 0.3 is 5.97 Å². The molecule has 7 heteroatoms. The van der Waals surface area contributed by atoms with Gasteiger partial charge in [-0.15, -0.1) is 0 Å². The van der Waals surface area contributed by atoms with Crippen molar-refractivity contribution in [3.63, 3.8) is 0 Å². The smallest absolute Gasteiger partial charge is 0.322 e. The Balaban J connectivity index is 1.76. The zero-order chi connectivity index (χ0) is 15.9. The van der Waals surface area contributed by atoms with Crippen molar-refractivity contribution in [2.24, 2.45) is 0 Å². The number of carbonyl (C=O) groups is 3. The van der Waals surface area contributed by atoms with E-state index in [1.54, 1.807) is 24.3 Å². The molecule has 2 aliphatic heterocycles. The molecule has 0 unspecified atom stereocenters. The van der Waals surface area contributed by atoms with Crippen LogP contribution in [0, 0.1) is 0 Å². The molecule has 2 N–H and O–H groups in total. The maximum absolute atomic E-state index is 12.3. The molecule has 0 spiro atoms. The summed E-state index contributed by atoms with van der Waals surface area (Å²) in [5.74, 6) is -1.32. The van der Waals surface area contributed by atoms with Crippen molar-refractivity contribution in [3.8, 4) is 0 Å². The number of benzene rings is 1. The van der Waals surface area contributed by atoms with Crippen LogP contribution in [0.25, 0.3) is 0 Å². The second-order valence-corrected chi connectivity index (χ2v) is 5.63. The zero-order valence-corrected chi connectivity index (χ0v) is 12.0. The number of carbonyl (C=O) groups excluding carboxylic acids is 3. The van der Waals surface area contributed by atoms with Crippen LogP contribution in [0.15, 0.2) is 24.3 Å². The van der Waals surface area contributed by atoms with Gasteiger partial charge in [0.2, 0.25) is 0 Å². The number of nitrogens with one attached hydrogen (secondary N) is 1. The third-order valence-corrected chi connectivity index (χ3v) is 4.08. The Labute approximate surface area is 126 Å². The minimum Gasteiger partial charge on any atom is -0.468 e. The second kappa shape index (κ2) is 5.19. The number of hydrogen-bond acceptors (Lipinski definition) is 6. The zero-order valence-electron chi connectivity index (χ0n) is 12.0. The van der Waals surface area contributed by atoms with Crippen molar-refractivity contribution in [1.29, 1.82) is 0 Å². The molecule has 0 aliphatic carbocycles. The highest BCUT2D eigenvalue weighted by molar-refractivity contribution is 6.21. The van der Waals surface area contributed by atoms with E-state index in [4.69, 9.17) is 0 Å². The fraction of sp³-hybridized carbons (Fsp3) is 0.400. The van der Waals surface area contributed by atoms with Gasteiger partial charge in [-0.3, -0.25) is 19.3 Å². The average Bonchev–Trinajstić information content (AvgIpc) is 3.02. The van der Waals surface area contributed by atoms with E-state index >= 15 is 0 Å². The molecule has 3 rings (SSSR count). The van der Waals surface area contributed by atoms with Gasteiger partial charge < -0.3 is 15.2 Å². The second-order valence-electron chi connectivity index (χ2n) is 5.63. The van der Waals surface area contributed by atoms with E-state index in [2.05, 4.69) is 10.1 Å². The Morgan fingerprint density at radius 3 is 2.50 bits per heavy atom. The van der Waals surface area contributed by atoms with Crippen molar-refractivity contribution < 1.29 is 24.2 Å². The van der Waals surface area contributed by atoms with E-state index in [1.165, 1.54) is 7.11 Å². The van der Waals surface area contributed by atoms with Gasteiger partial charge in [-0.25, -0.2) is 0 Å². The Hall–Kier alpha value is -2.25. The molecule has 22 heavy (non-hydrogen) atoms. The summed E-state index contributed by atoms with van der Waals surface area (Å²) in [5, 5.41) is 13.4. The summed E-state index contributed by atoms with van der Waals surface area (Å²) in [6, 6.07) is 5.91. The summed E-state index contributed by atoms with van der Waals surface area (Å²) in [7, 11) is 1.27. The first kappa shape index (κ1) is 14.7. The average molecular weight is 304 g/mol. The van der Waals surface area contributed by atoms with Gasteiger partial charge in [0.05, 0.1) is 30.4 Å². The number of rotatable bonds is 3. The van der Waals surface area contributed by atoms with Gasteiger partial charge in [0, 0.05) is 13.0 Å². The number of amides is 2. The number of imide groups is 1. The lowest BCUT2D eigenvalue weighted by Gasteiger charge is -2.26. The van der Waals surface area contributed by atoms with Gasteiger partial charge in [-0.05, 0) is 12.1 Å². The lowest BCUT2D eigenvalue weighted by atomic mass is 9.99. The van der Waals surface area contributed by atoms with Crippen LogP contribution in [0.4, 0.5) is 0 Å². The van der Waals surface area contributed by atoms with Crippen LogP contribution >= 0.6 is 0 Å². The highest BCUT2D eigenvalue weighted by atomic mass is 16.5. The number of β-amino-alcohol motifs (C(OH)–C–C–N with tert-alkyl or cyclic N) is 1. The molecule has 2 aliphatic rings. The molecule has 7 nitrogen and oxygen atoms in total. The Kier molecular flexibility index (Phi) is 3.46. The third-order valence-electron chi connectivity index (χ3n) is 4.08. The maximum atomic E-state index is 12.3. The molecule has 2 heterocycles. The molecular weight excluding hydrogens is 288 g/mol. The van der Waals surface area contributed by atoms with Gasteiger partial charge in [0.1, 0.15) is 6.04 Å². The summed E-state index contributed by atoms with van der Waals surface area (Å²) in [6.07, 6.45) is 0.0904. The number of fused-ring (bicyclic) bond motifs is 1. The first-order valence-electron chi connectivity index (χ1n) is 6.94. The highest BCUT2D eigenvalue weighted by Crippen LogP contribution is 2.27. The molecule has 0 radical (unpaired) electrons. The summed E-state index contributed by atoms with van der Waals surface area (Å²) >= 11 is 0. The fourth-order valence-electron chi connectivity index (χ4n) is 2.94. The van der Waals surface area contributed by atoms with E-state index in [9.17, 15) is 19.5 Å². The quantitative estimate of drug-likeness (QED) is 0.580. The summed E-state index contributed by atoms with van der Waals surface area (Å²) < 4.78 is 4.63. The van der Waals surface area contributed by atoms with E-state index in [-0.39, 0.29) is 19.5 Å². The predicted octanol–water partition coefficient (Wildman–Crippen LogP) is -0.451. The van der Waals surface area contributed by atoms with E-state index in [0.717, 1.165) is 4.90 Å². The van der Waals surface area contributed by atoms with Gasteiger partial charge in [0.25, 0.3) is 11.8 Å². The largest absolute Gasteiger partial charge is 0.468 e. The van der Waals surface area contributed by atoms with Crippen LogP contribution in [0.1, 0.15) is 27.1 Å². The number of methoxy groups -OCH3 is 1. The summed E-state index contributed by atoms with van der Waals surface area (Å²) in [6.45, 7) is -0.0417. The van der Waals surface area contributed by atoms with Gasteiger partial charge in [-0.1, -0.05) is 12.1 Å². The molecule has 1 aromatic rings. The normalized spacial score (nSPS) is 27.2. The van der Waals surface area contributed by atoms with Crippen molar-refractivity contribution in [1.82, 2.24) is 10.2 Å². The fourth-order valence-corrected chi connectivity index (χ4v) is 2.94. The van der Waals surface area contributed by atoms with Crippen LogP contribution < -0.4 is 5.32 Å². The number of hydrogen-bond donors (Lipinski definition) is 2. The minimum absolute atomic E-state index is 0.0904. The molecule has 0 aromatic heterocycles. The van der Waals surface area contributed by atoms with Crippen LogP contribution in [-0.4, -0.2) is 59.6 Å². The van der Waals surface area contributed by atoms with E-state index in [1.807, 2.05) is 0 Å². The lowest BCUT2D eigenvalue weighted by molar-refractivity contribution is -0.143. The first-order chi connectivity index (χ1) is 10.4. The summed E-state index contributed by atoms with van der Waals surface area (Å²) in [4.78, 5) is 37.1. The van der Waals surface area contributed by atoms with Gasteiger partial charge in [-0.2, -0.15) is 0 Å². The van der Waals surface area contributed by atoms with E-state index in [0.29, 0.717) is 11.1 Å². The number of ether oxygens (including phenoxy) is 1. The molecule has 1 saturated heterocycles. The lowest BCUT2D eigenvalue weighted by Crippen LogP contribution is -2.46. The third kappa shape index (κ3) is 2.28. The van der Waals surface area contributed by atoms with Crippen molar-refractivity contribution in [2.45, 2.75) is 18.1 Å². The monoisotopic (exact) mass is 304 g/mol. The first-order valence-corrected chi connectivity index (χ1v) is 6.94. The van der Waals surface area contributed by atoms with Crippen molar-refractivity contribution in [2.75, 3.05) is 20.2 Å². The Morgan fingerprint density at radius 2 is 1.95 bits per heavy atom. The standard InChI is InChI=1S/C15H16N2O5/c1-22-14(20)11-6-15(21,7-16-11)8-17-12(18)9-4-2-3-5-10(9)13(17)19/h2-5,11,16,21H,6-8H2,1H3/t11-,15-/m0/s1. The predicted molar refractivity (Wildman–Crippen MR) is 75.2 cm³/mol. The molecule has 116 valence electrons. The van der Waals surface area contributed by atoms with E-state index < -0.39 is 29.4 Å². The van der Waals surface area contributed by atoms with Gasteiger partial charge in [0.15, 0.2) is 0 Å². The Morgan fingerprint density at radius 1 is 1.36 bits per heavy atom. The summed E-state index contributed by atoms with van der Waals surface area (Å²) in [5.41, 5.74) is -0.662. The SMILES string of the molecule is COC(=O)[C@@H]1C[C@@](O)(CN2C(=O)c3ccccc3C2=O)CN1. The minimum atomic E-state index is -1.34.